The Bertz CT molecular complexity index is 380. The molecule has 0 aliphatic carbocycles. The van der Waals surface area contributed by atoms with Crippen molar-refractivity contribution in [2.24, 2.45) is 5.73 Å². The average molecular weight is 273 g/mol. The molecule has 0 saturated carbocycles. The minimum Gasteiger partial charge on any atom is -0.428 e. The van der Waals surface area contributed by atoms with Gasteiger partial charge in [0, 0.05) is 0 Å². The van der Waals surface area contributed by atoms with E-state index in [4.69, 9.17) is 5.73 Å². The molecule has 1 atom stereocenters. The van der Waals surface area contributed by atoms with Crippen LogP contribution in [0, 0.1) is 0 Å². The molecule has 1 aromatic carbocycles. The van der Waals surface area contributed by atoms with Crippen LogP contribution < -0.4 is 10.5 Å². The second-order valence-electron chi connectivity index (χ2n) is 3.39. The van der Waals surface area contributed by atoms with Gasteiger partial charge in [-0.25, -0.2) is 8.78 Å². The van der Waals surface area contributed by atoms with Crippen LogP contribution in [0.15, 0.2) is 24.3 Å². The number of nitrogens with two attached hydrogens (primary N) is 1. The van der Waals surface area contributed by atoms with Crippen molar-refractivity contribution in [3.63, 3.8) is 0 Å². The molecule has 1 aromatic rings. The summed E-state index contributed by atoms with van der Waals surface area (Å²) in [5.41, 5.74) is 5.09. The number of hydrogen-bond acceptors (Lipinski definition) is 2. The van der Waals surface area contributed by atoms with Gasteiger partial charge in [0.2, 0.25) is 0 Å². The predicted molar refractivity (Wildman–Crippen MR) is 51.0 cm³/mol. The molecule has 8 heteroatoms. The fraction of sp³-hybridized carbons (Fsp3) is 0.400. The van der Waals surface area contributed by atoms with Crippen molar-refractivity contribution in [1.82, 2.24) is 0 Å². The van der Waals surface area contributed by atoms with Crippen LogP contribution in [-0.2, 0) is 0 Å². The molecule has 0 radical (unpaired) electrons. The molecule has 1 rings (SSSR count). The standard InChI is InChI=1S/C10H9F6NO/c11-8(12)7(17)5-1-3-6(4-2-5)18-10(15,16)9(13)14/h1-4,7-9H,17H2/t7-/m1/s1. The molecule has 0 aliphatic rings. The van der Waals surface area contributed by atoms with Crippen molar-refractivity contribution in [3.05, 3.63) is 29.8 Å². The Morgan fingerprint density at radius 1 is 1.00 bits per heavy atom. The van der Waals surface area contributed by atoms with Crippen molar-refractivity contribution in [2.75, 3.05) is 0 Å². The Morgan fingerprint density at radius 3 is 1.89 bits per heavy atom. The smallest absolute Gasteiger partial charge is 0.428 e. The lowest BCUT2D eigenvalue weighted by Gasteiger charge is -2.17. The summed E-state index contributed by atoms with van der Waals surface area (Å²) in [6, 6.07) is 2.18. The molecular weight excluding hydrogens is 264 g/mol. The topological polar surface area (TPSA) is 35.2 Å². The van der Waals surface area contributed by atoms with E-state index >= 15 is 0 Å². The highest BCUT2D eigenvalue weighted by Gasteiger charge is 2.43. The third-order valence-electron chi connectivity index (χ3n) is 2.04. The lowest BCUT2D eigenvalue weighted by molar-refractivity contribution is -0.253. The Kier molecular flexibility index (Phi) is 4.44. The fourth-order valence-electron chi connectivity index (χ4n) is 1.11. The van der Waals surface area contributed by atoms with E-state index in [0.29, 0.717) is 0 Å². The predicted octanol–water partition coefficient (Wildman–Crippen LogP) is 3.19. The highest BCUT2D eigenvalue weighted by atomic mass is 19.3. The van der Waals surface area contributed by atoms with E-state index in [9.17, 15) is 26.3 Å². The van der Waals surface area contributed by atoms with E-state index < -0.39 is 30.8 Å². The maximum absolute atomic E-state index is 12.5. The summed E-state index contributed by atoms with van der Waals surface area (Å²) in [5, 5.41) is 0. The second kappa shape index (κ2) is 5.47. The van der Waals surface area contributed by atoms with Gasteiger partial charge >= 0.3 is 12.5 Å². The van der Waals surface area contributed by atoms with Gasteiger partial charge in [-0.2, -0.15) is 17.6 Å². The van der Waals surface area contributed by atoms with E-state index in [-0.39, 0.29) is 5.56 Å². The summed E-state index contributed by atoms with van der Waals surface area (Å²) in [4.78, 5) is 0. The van der Waals surface area contributed by atoms with Crippen LogP contribution in [0.1, 0.15) is 11.6 Å². The fourth-order valence-corrected chi connectivity index (χ4v) is 1.11. The molecule has 0 fully saturated rings. The first-order valence-corrected chi connectivity index (χ1v) is 4.72. The van der Waals surface area contributed by atoms with E-state index in [0.717, 1.165) is 24.3 Å². The van der Waals surface area contributed by atoms with Gasteiger partial charge in [0.1, 0.15) is 5.75 Å². The first-order valence-electron chi connectivity index (χ1n) is 4.72. The van der Waals surface area contributed by atoms with Gasteiger partial charge in [-0.1, -0.05) is 12.1 Å². The molecule has 18 heavy (non-hydrogen) atoms. The van der Waals surface area contributed by atoms with Gasteiger partial charge in [0.15, 0.2) is 0 Å². The number of benzene rings is 1. The zero-order valence-corrected chi connectivity index (χ0v) is 8.79. The van der Waals surface area contributed by atoms with Gasteiger partial charge in [-0.15, -0.1) is 0 Å². The number of halogens is 6. The van der Waals surface area contributed by atoms with Crippen molar-refractivity contribution < 1.29 is 31.1 Å². The average Bonchev–Trinajstić information content (AvgIpc) is 2.28. The Morgan fingerprint density at radius 2 is 1.50 bits per heavy atom. The summed E-state index contributed by atoms with van der Waals surface area (Å²) in [6.07, 6.45) is -11.4. The zero-order chi connectivity index (χ0) is 13.9. The summed E-state index contributed by atoms with van der Waals surface area (Å²) < 4.78 is 76.8. The highest BCUT2D eigenvalue weighted by molar-refractivity contribution is 5.29. The number of hydrogen-bond donors (Lipinski definition) is 1. The van der Waals surface area contributed by atoms with Gasteiger partial charge in [-0.3, -0.25) is 0 Å². The summed E-state index contributed by atoms with van der Waals surface area (Å²) in [6.45, 7) is 0. The van der Waals surface area contributed by atoms with Crippen molar-refractivity contribution in [3.8, 4) is 5.75 Å². The van der Waals surface area contributed by atoms with Crippen LogP contribution >= 0.6 is 0 Å². The zero-order valence-electron chi connectivity index (χ0n) is 8.79. The van der Waals surface area contributed by atoms with Gasteiger partial charge < -0.3 is 10.5 Å². The van der Waals surface area contributed by atoms with E-state index in [1.165, 1.54) is 0 Å². The van der Waals surface area contributed by atoms with Crippen LogP contribution in [0.2, 0.25) is 0 Å². The number of alkyl halides is 6. The van der Waals surface area contributed by atoms with Crippen molar-refractivity contribution >= 4 is 0 Å². The van der Waals surface area contributed by atoms with E-state index in [1.54, 1.807) is 0 Å². The third kappa shape index (κ3) is 3.52. The largest absolute Gasteiger partial charge is 0.461 e. The molecule has 102 valence electrons. The van der Waals surface area contributed by atoms with Crippen LogP contribution in [0.3, 0.4) is 0 Å². The highest BCUT2D eigenvalue weighted by Crippen LogP contribution is 2.28. The molecule has 0 amide bonds. The Hall–Kier alpha value is -1.44. The molecule has 0 aromatic heterocycles. The van der Waals surface area contributed by atoms with Gasteiger partial charge in [0.25, 0.3) is 6.43 Å². The molecule has 0 spiro atoms. The molecule has 2 nitrogen and oxygen atoms in total. The number of rotatable bonds is 5. The SMILES string of the molecule is N[C@H](c1ccc(OC(F)(F)C(F)F)cc1)C(F)F. The summed E-state index contributed by atoms with van der Waals surface area (Å²) >= 11 is 0. The first-order chi connectivity index (χ1) is 8.24. The van der Waals surface area contributed by atoms with Gasteiger partial charge in [0.05, 0.1) is 6.04 Å². The minimum absolute atomic E-state index is 0.0160. The van der Waals surface area contributed by atoms with Crippen LogP contribution in [0.5, 0.6) is 5.75 Å². The molecule has 2 N–H and O–H groups in total. The summed E-state index contributed by atoms with van der Waals surface area (Å²) in [5.74, 6) is -0.564. The molecular formula is C10H9F6NO. The quantitative estimate of drug-likeness (QED) is 0.836. The van der Waals surface area contributed by atoms with Crippen LogP contribution in [0.25, 0.3) is 0 Å². The van der Waals surface area contributed by atoms with Crippen molar-refractivity contribution in [2.45, 2.75) is 25.0 Å². The lowest BCUT2D eigenvalue weighted by Crippen LogP contribution is -2.33. The van der Waals surface area contributed by atoms with Crippen LogP contribution in [0.4, 0.5) is 26.3 Å². The Balaban J connectivity index is 2.78. The van der Waals surface area contributed by atoms with E-state index in [1.807, 2.05) is 0 Å². The molecule has 0 unspecified atom stereocenters. The molecule has 0 aliphatic heterocycles. The maximum atomic E-state index is 12.5. The second-order valence-corrected chi connectivity index (χ2v) is 3.39. The number of ether oxygens (including phenoxy) is 1. The van der Waals surface area contributed by atoms with Crippen molar-refractivity contribution in [1.29, 1.82) is 0 Å². The summed E-state index contributed by atoms with van der Waals surface area (Å²) in [7, 11) is 0. The maximum Gasteiger partial charge on any atom is 0.461 e. The normalized spacial score (nSPS) is 14.1. The minimum atomic E-state index is -4.63. The third-order valence-corrected chi connectivity index (χ3v) is 2.04. The van der Waals surface area contributed by atoms with Gasteiger partial charge in [-0.05, 0) is 17.7 Å². The van der Waals surface area contributed by atoms with Crippen LogP contribution in [-0.4, -0.2) is 19.0 Å². The monoisotopic (exact) mass is 273 g/mol. The molecule has 0 heterocycles. The Labute approximate surface area is 98.3 Å². The lowest BCUT2D eigenvalue weighted by atomic mass is 10.1. The molecule has 0 bridgehead atoms. The molecule has 0 saturated heterocycles. The van der Waals surface area contributed by atoms with E-state index in [2.05, 4.69) is 4.74 Å². The first kappa shape index (κ1) is 14.6.